The molecule has 0 N–H and O–H groups in total. The zero-order valence-corrected chi connectivity index (χ0v) is 25.7. The van der Waals surface area contributed by atoms with Crippen molar-refractivity contribution in [3.8, 4) is 0 Å². The molecule has 1 aliphatic heterocycles. The average Bonchev–Trinajstić information content (AvgIpc) is 3.35. The second-order valence-corrected chi connectivity index (χ2v) is 11.5. The van der Waals surface area contributed by atoms with Gasteiger partial charge in [0.15, 0.2) is 0 Å². The van der Waals surface area contributed by atoms with Crippen LogP contribution in [0.5, 0.6) is 0 Å². The van der Waals surface area contributed by atoms with Crippen molar-refractivity contribution in [1.29, 1.82) is 0 Å². The van der Waals surface area contributed by atoms with E-state index in [-0.39, 0.29) is 5.97 Å². The van der Waals surface area contributed by atoms with Gasteiger partial charge in [0.25, 0.3) is 0 Å². The van der Waals surface area contributed by atoms with Gasteiger partial charge in [-0.3, -0.25) is 9.36 Å². The Morgan fingerprint density at radius 3 is 2.29 bits per heavy atom. The van der Waals surface area contributed by atoms with Gasteiger partial charge >= 0.3 is 12.1 Å². The van der Waals surface area contributed by atoms with Crippen LogP contribution in [0.3, 0.4) is 0 Å². The smallest absolute Gasteiger partial charge is 0.421 e. The third-order valence-corrected chi connectivity index (χ3v) is 7.99. The number of ether oxygens (including phenoxy) is 2. The van der Waals surface area contributed by atoms with Crippen LogP contribution in [-0.4, -0.2) is 48.0 Å². The Morgan fingerprint density at radius 1 is 0.902 bits per heavy atom. The van der Waals surface area contributed by atoms with E-state index < -0.39 is 12.4 Å². The molecule has 1 fully saturated rings. The Balaban J connectivity index is 1.30. The molecule has 1 aromatic heterocycles. The van der Waals surface area contributed by atoms with Crippen molar-refractivity contribution >= 4 is 23.0 Å². The number of unbranched alkanes of at least 4 members (excludes halogenated alkanes) is 8. The maximum Gasteiger partial charge on any atom is 0.421 e. The molecule has 41 heavy (non-hydrogen) atoms. The molecule has 0 amide bonds. The van der Waals surface area contributed by atoms with Crippen molar-refractivity contribution in [3.05, 3.63) is 60.3 Å². The van der Waals surface area contributed by atoms with Crippen molar-refractivity contribution in [3.63, 3.8) is 0 Å². The fraction of sp³-hybridized carbons (Fsp3) is 0.600. The van der Waals surface area contributed by atoms with Crippen LogP contribution in [0.15, 0.2) is 54.8 Å². The molecule has 6 nitrogen and oxygen atoms in total. The summed E-state index contributed by atoms with van der Waals surface area (Å²) in [6, 6.07) is 7.95. The Morgan fingerprint density at radius 2 is 1.56 bits per heavy atom. The van der Waals surface area contributed by atoms with Gasteiger partial charge in [-0.15, -0.1) is 0 Å². The van der Waals surface area contributed by atoms with Crippen LogP contribution in [0.2, 0.25) is 0 Å². The van der Waals surface area contributed by atoms with Crippen LogP contribution in [0.4, 0.5) is 4.79 Å². The summed E-state index contributed by atoms with van der Waals surface area (Å²) < 4.78 is 12.5. The van der Waals surface area contributed by atoms with Crippen molar-refractivity contribution in [2.45, 2.75) is 116 Å². The van der Waals surface area contributed by atoms with Gasteiger partial charge in [-0.2, -0.15) is 0 Å². The fourth-order valence-electron chi connectivity index (χ4n) is 5.55. The number of allylic oxidation sites excluding steroid dienone is 4. The quantitative estimate of drug-likeness (QED) is 0.0830. The van der Waals surface area contributed by atoms with Gasteiger partial charge in [0.05, 0.1) is 5.52 Å². The first-order valence-corrected chi connectivity index (χ1v) is 16.0. The number of hydrogen-bond acceptors (Lipinski definition) is 5. The first-order chi connectivity index (χ1) is 20.0. The summed E-state index contributed by atoms with van der Waals surface area (Å²) in [5.41, 5.74) is 2.02. The second kappa shape index (κ2) is 18.5. The molecule has 0 radical (unpaired) electrons. The lowest BCUT2D eigenvalue weighted by atomic mass is 9.89. The van der Waals surface area contributed by atoms with Crippen LogP contribution >= 0.6 is 0 Å². The van der Waals surface area contributed by atoms with E-state index in [1.165, 1.54) is 44.1 Å². The van der Waals surface area contributed by atoms with Crippen molar-refractivity contribution < 1.29 is 19.1 Å². The number of fused-ring (bicyclic) bond motifs is 1. The highest BCUT2D eigenvalue weighted by atomic mass is 16.7. The van der Waals surface area contributed by atoms with Crippen molar-refractivity contribution in [2.24, 2.45) is 0 Å². The number of carbonyl (C=O) groups is 2. The van der Waals surface area contributed by atoms with Gasteiger partial charge in [-0.1, -0.05) is 81.5 Å². The molecule has 6 heteroatoms. The zero-order valence-electron chi connectivity index (χ0n) is 25.7. The summed E-state index contributed by atoms with van der Waals surface area (Å²) >= 11 is 0. The van der Waals surface area contributed by atoms with Crippen LogP contribution in [0.25, 0.3) is 10.9 Å². The molecule has 2 aromatic rings. The predicted molar refractivity (Wildman–Crippen MR) is 168 cm³/mol. The number of hydrogen-bond donors (Lipinski definition) is 0. The molecular formula is C35H52N2O4. The molecular weight excluding hydrogens is 512 g/mol. The summed E-state index contributed by atoms with van der Waals surface area (Å²) in [7, 11) is 2.15. The van der Waals surface area contributed by atoms with Crippen LogP contribution < -0.4 is 0 Å². The average molecular weight is 565 g/mol. The van der Waals surface area contributed by atoms with Crippen molar-refractivity contribution in [2.75, 3.05) is 20.1 Å². The lowest BCUT2D eigenvalue weighted by Crippen LogP contribution is -2.29. The normalized spacial score (nSPS) is 15.7. The Hall–Kier alpha value is -2.86. The number of benzene rings is 1. The molecule has 0 aliphatic carbocycles. The minimum atomic E-state index is -0.930. The predicted octanol–water partition coefficient (Wildman–Crippen LogP) is 9.14. The lowest BCUT2D eigenvalue weighted by molar-refractivity contribution is -0.164. The summed E-state index contributed by atoms with van der Waals surface area (Å²) in [4.78, 5) is 27.7. The number of nitrogens with zero attached hydrogens (tertiary/aromatic N) is 2. The summed E-state index contributed by atoms with van der Waals surface area (Å²) in [5, 5.41) is 1.09. The number of piperidine rings is 1. The Labute approximate surface area is 247 Å². The molecule has 0 saturated carbocycles. The van der Waals surface area contributed by atoms with E-state index in [2.05, 4.69) is 49.2 Å². The minimum Gasteiger partial charge on any atom is -0.425 e. The van der Waals surface area contributed by atoms with Gasteiger partial charge < -0.3 is 14.4 Å². The minimum absolute atomic E-state index is 0.319. The highest BCUT2D eigenvalue weighted by Gasteiger charge is 2.25. The van der Waals surface area contributed by atoms with E-state index in [1.54, 1.807) is 11.5 Å². The molecule has 2 heterocycles. The van der Waals surface area contributed by atoms with Gasteiger partial charge in [0.1, 0.15) is 0 Å². The highest BCUT2D eigenvalue weighted by Crippen LogP contribution is 2.34. The molecule has 1 saturated heterocycles. The Bertz CT molecular complexity index is 1110. The van der Waals surface area contributed by atoms with Crippen LogP contribution in [0.1, 0.15) is 115 Å². The van der Waals surface area contributed by atoms with E-state index >= 15 is 0 Å². The summed E-state index contributed by atoms with van der Waals surface area (Å²) in [6.45, 7) is 5.95. The largest absolute Gasteiger partial charge is 0.425 e. The SMILES string of the molecule is CCCCC/C=C\C/C=C\CCCCCCCC(=O)OC(C)OC(=O)n1cc(C2CCN(C)CC2)c2ccccc21. The van der Waals surface area contributed by atoms with E-state index in [1.807, 2.05) is 24.4 Å². The first kappa shape index (κ1) is 32.7. The van der Waals surface area contributed by atoms with E-state index in [0.717, 1.165) is 68.9 Å². The molecule has 1 atom stereocenters. The van der Waals surface area contributed by atoms with Crippen LogP contribution in [0, 0.1) is 0 Å². The maximum absolute atomic E-state index is 13.0. The molecule has 1 aromatic carbocycles. The van der Waals surface area contributed by atoms with Gasteiger partial charge in [-0.25, -0.2) is 4.79 Å². The number of aromatic nitrogens is 1. The van der Waals surface area contributed by atoms with E-state index in [9.17, 15) is 9.59 Å². The summed E-state index contributed by atoms with van der Waals surface area (Å²) in [6.07, 6.45) is 24.6. The number of esters is 1. The number of rotatable bonds is 17. The van der Waals surface area contributed by atoms with Crippen molar-refractivity contribution in [1.82, 2.24) is 9.47 Å². The molecule has 3 rings (SSSR count). The van der Waals surface area contributed by atoms with Gasteiger partial charge in [0, 0.05) is 24.9 Å². The third kappa shape index (κ3) is 11.5. The molecule has 1 aliphatic rings. The van der Waals surface area contributed by atoms with Gasteiger partial charge in [0.2, 0.25) is 6.29 Å². The van der Waals surface area contributed by atoms with Crippen LogP contribution in [-0.2, 0) is 14.3 Å². The van der Waals surface area contributed by atoms with E-state index in [0.29, 0.717) is 12.3 Å². The first-order valence-electron chi connectivity index (χ1n) is 16.0. The molecule has 0 bridgehead atoms. The number of para-hydroxylation sites is 1. The monoisotopic (exact) mass is 564 g/mol. The maximum atomic E-state index is 13.0. The zero-order chi connectivity index (χ0) is 29.3. The topological polar surface area (TPSA) is 60.8 Å². The second-order valence-electron chi connectivity index (χ2n) is 11.5. The third-order valence-electron chi connectivity index (χ3n) is 7.99. The molecule has 226 valence electrons. The fourth-order valence-corrected chi connectivity index (χ4v) is 5.55. The number of carbonyl (C=O) groups excluding carboxylic acids is 2. The van der Waals surface area contributed by atoms with E-state index in [4.69, 9.17) is 9.47 Å². The molecule has 1 unspecified atom stereocenters. The number of likely N-dealkylation sites (tertiary alicyclic amines) is 1. The standard InChI is InChI=1S/C35H52N2O4/c1-4-5-6-7-8-9-10-11-12-13-14-15-16-17-18-23-34(38)40-29(2)41-35(39)37-28-32(30-24-26-36(3)27-25-30)31-21-19-20-22-33(31)37/h8-9,11-12,19-22,28-30H,4-7,10,13-18,23-27H2,1-3H3/b9-8-,12-11-. The van der Waals surface area contributed by atoms with Gasteiger partial charge in [-0.05, 0) is 89.1 Å². The summed E-state index contributed by atoms with van der Waals surface area (Å²) in [5.74, 6) is 0.101. The lowest BCUT2D eigenvalue weighted by Gasteiger charge is -2.28. The highest BCUT2D eigenvalue weighted by molar-refractivity contribution is 5.92. The molecule has 0 spiro atoms. The Kier molecular flexibility index (Phi) is 14.8.